The number of ether oxygens (including phenoxy) is 1. The fraction of sp³-hybridized carbons (Fsp3) is 0.118. The van der Waals surface area contributed by atoms with Crippen molar-refractivity contribution in [1.82, 2.24) is 5.32 Å². The van der Waals surface area contributed by atoms with Crippen LogP contribution in [0, 0.1) is 17.5 Å². The smallest absolute Gasteiger partial charge is 0.325 e. The fourth-order valence-corrected chi connectivity index (χ4v) is 1.86. The molecule has 0 aromatic heterocycles. The van der Waals surface area contributed by atoms with E-state index in [4.69, 9.17) is 0 Å². The number of carbonyl (C=O) groups is 3. The molecule has 2 rings (SSSR count). The molecule has 0 spiro atoms. The van der Waals surface area contributed by atoms with Crippen LogP contribution in [0.3, 0.4) is 0 Å². The molecule has 0 radical (unpaired) electrons. The van der Waals surface area contributed by atoms with Crippen LogP contribution in [0.25, 0.3) is 0 Å². The Balaban J connectivity index is 1.76. The number of anilines is 1. The Bertz CT molecular complexity index is 843. The molecular weight excluding hydrogens is 353 g/mol. The van der Waals surface area contributed by atoms with Crippen LogP contribution < -0.4 is 10.6 Å². The maximum absolute atomic E-state index is 13.4. The minimum absolute atomic E-state index is 0.0159. The van der Waals surface area contributed by atoms with Gasteiger partial charge in [-0.25, -0.2) is 13.2 Å². The molecule has 0 saturated carbocycles. The van der Waals surface area contributed by atoms with Gasteiger partial charge in [-0.05, 0) is 24.3 Å². The van der Waals surface area contributed by atoms with Gasteiger partial charge >= 0.3 is 5.97 Å². The van der Waals surface area contributed by atoms with E-state index in [-0.39, 0.29) is 11.3 Å². The molecule has 0 aliphatic carbocycles. The summed E-state index contributed by atoms with van der Waals surface area (Å²) in [5.41, 5.74) is -0.255. The van der Waals surface area contributed by atoms with Gasteiger partial charge in [0.25, 0.3) is 11.8 Å². The number of hydrogen-bond acceptors (Lipinski definition) is 4. The summed E-state index contributed by atoms with van der Waals surface area (Å²) in [7, 11) is 0. The molecule has 2 N–H and O–H groups in total. The fourth-order valence-electron chi connectivity index (χ4n) is 1.86. The zero-order valence-corrected chi connectivity index (χ0v) is 13.2. The van der Waals surface area contributed by atoms with Gasteiger partial charge in [-0.1, -0.05) is 12.1 Å². The minimum Gasteiger partial charge on any atom is -0.454 e. The standard InChI is InChI=1S/C17H13F3N2O4/c18-12-4-2-1-3-11(12)17(25)21-8-16(24)26-9-15(23)22-10-5-6-13(19)14(20)7-10/h1-7H,8-9H2,(H,21,25)(H,22,23). The van der Waals surface area contributed by atoms with E-state index in [0.717, 1.165) is 24.3 Å². The van der Waals surface area contributed by atoms with Crippen LogP contribution in [-0.2, 0) is 14.3 Å². The van der Waals surface area contributed by atoms with E-state index in [1.807, 2.05) is 0 Å². The predicted molar refractivity (Wildman–Crippen MR) is 84.7 cm³/mol. The second-order valence-corrected chi connectivity index (χ2v) is 5.00. The first-order valence-electron chi connectivity index (χ1n) is 7.30. The second kappa shape index (κ2) is 8.65. The maximum atomic E-state index is 13.4. The van der Waals surface area contributed by atoms with Gasteiger partial charge in [-0.2, -0.15) is 0 Å². The Hall–Kier alpha value is -3.36. The van der Waals surface area contributed by atoms with Crippen LogP contribution >= 0.6 is 0 Å². The molecule has 26 heavy (non-hydrogen) atoms. The largest absolute Gasteiger partial charge is 0.454 e. The summed E-state index contributed by atoms with van der Waals surface area (Å²) in [5, 5.41) is 4.35. The molecule has 0 heterocycles. The lowest BCUT2D eigenvalue weighted by Crippen LogP contribution is -2.32. The van der Waals surface area contributed by atoms with Crippen molar-refractivity contribution in [2.45, 2.75) is 0 Å². The lowest BCUT2D eigenvalue weighted by atomic mass is 10.2. The van der Waals surface area contributed by atoms with Crippen LogP contribution in [0.1, 0.15) is 10.4 Å². The van der Waals surface area contributed by atoms with E-state index in [9.17, 15) is 27.6 Å². The van der Waals surface area contributed by atoms with Gasteiger partial charge in [0, 0.05) is 11.8 Å². The van der Waals surface area contributed by atoms with E-state index >= 15 is 0 Å². The number of rotatable bonds is 6. The van der Waals surface area contributed by atoms with E-state index in [2.05, 4.69) is 15.4 Å². The lowest BCUT2D eigenvalue weighted by Gasteiger charge is -2.08. The third-order valence-electron chi connectivity index (χ3n) is 3.08. The van der Waals surface area contributed by atoms with Crippen molar-refractivity contribution < 1.29 is 32.3 Å². The van der Waals surface area contributed by atoms with Crippen molar-refractivity contribution in [1.29, 1.82) is 0 Å². The number of esters is 1. The third kappa shape index (κ3) is 5.33. The minimum atomic E-state index is -1.14. The summed E-state index contributed by atoms with van der Waals surface area (Å²) in [6.45, 7) is -1.28. The molecule has 6 nitrogen and oxygen atoms in total. The van der Waals surface area contributed by atoms with E-state index in [1.165, 1.54) is 18.2 Å². The number of benzene rings is 2. The van der Waals surface area contributed by atoms with Crippen LogP contribution in [0.5, 0.6) is 0 Å². The van der Waals surface area contributed by atoms with Gasteiger partial charge in [-0.3, -0.25) is 14.4 Å². The summed E-state index contributed by atoms with van der Waals surface area (Å²) in [6.07, 6.45) is 0. The third-order valence-corrected chi connectivity index (χ3v) is 3.08. The number of carbonyl (C=O) groups excluding carboxylic acids is 3. The molecule has 136 valence electrons. The van der Waals surface area contributed by atoms with Gasteiger partial charge in [0.2, 0.25) is 0 Å². The Morgan fingerprint density at radius 2 is 1.65 bits per heavy atom. The Morgan fingerprint density at radius 1 is 0.923 bits per heavy atom. The first kappa shape index (κ1) is 19.0. The van der Waals surface area contributed by atoms with Crippen LogP contribution in [-0.4, -0.2) is 30.9 Å². The molecule has 0 atom stereocenters. The highest BCUT2D eigenvalue weighted by molar-refractivity contribution is 5.96. The van der Waals surface area contributed by atoms with E-state index < -0.39 is 48.4 Å². The van der Waals surface area contributed by atoms with Crippen molar-refractivity contribution in [3.63, 3.8) is 0 Å². The maximum Gasteiger partial charge on any atom is 0.325 e. The summed E-state index contributed by atoms with van der Waals surface area (Å²) in [4.78, 5) is 34.8. The molecule has 0 aliphatic rings. The lowest BCUT2D eigenvalue weighted by molar-refractivity contribution is -0.146. The second-order valence-electron chi connectivity index (χ2n) is 5.00. The van der Waals surface area contributed by atoms with Crippen molar-refractivity contribution in [3.8, 4) is 0 Å². The summed E-state index contributed by atoms with van der Waals surface area (Å²) >= 11 is 0. The molecular formula is C17H13F3N2O4. The SMILES string of the molecule is O=C(COC(=O)CNC(=O)c1ccccc1F)Nc1ccc(F)c(F)c1. The molecule has 2 amide bonds. The van der Waals surface area contributed by atoms with Crippen molar-refractivity contribution in [2.24, 2.45) is 0 Å². The summed E-state index contributed by atoms with van der Waals surface area (Å²) in [5.74, 6) is -5.49. The number of hydrogen-bond donors (Lipinski definition) is 2. The van der Waals surface area contributed by atoms with Crippen molar-refractivity contribution >= 4 is 23.5 Å². The number of nitrogens with one attached hydrogen (secondary N) is 2. The highest BCUT2D eigenvalue weighted by Gasteiger charge is 2.14. The predicted octanol–water partition coefficient (Wildman–Crippen LogP) is 2.02. The number of amides is 2. The van der Waals surface area contributed by atoms with Gasteiger partial charge in [0.1, 0.15) is 12.4 Å². The van der Waals surface area contributed by atoms with Crippen molar-refractivity contribution in [3.05, 3.63) is 65.5 Å². The van der Waals surface area contributed by atoms with Crippen LogP contribution in [0.4, 0.5) is 18.9 Å². The van der Waals surface area contributed by atoms with Crippen LogP contribution in [0.15, 0.2) is 42.5 Å². The highest BCUT2D eigenvalue weighted by Crippen LogP contribution is 2.12. The Kier molecular flexibility index (Phi) is 6.31. The normalized spacial score (nSPS) is 10.1. The van der Waals surface area contributed by atoms with Gasteiger partial charge in [0.05, 0.1) is 5.56 Å². The Labute approximate surface area is 146 Å². The monoisotopic (exact) mass is 366 g/mol. The van der Waals surface area contributed by atoms with E-state index in [0.29, 0.717) is 0 Å². The molecule has 2 aromatic rings. The van der Waals surface area contributed by atoms with E-state index in [1.54, 1.807) is 0 Å². The zero-order valence-electron chi connectivity index (χ0n) is 13.2. The molecule has 0 aliphatic heterocycles. The highest BCUT2D eigenvalue weighted by atomic mass is 19.2. The zero-order chi connectivity index (χ0) is 19.1. The molecule has 9 heteroatoms. The Morgan fingerprint density at radius 3 is 2.35 bits per heavy atom. The molecule has 0 fully saturated rings. The topological polar surface area (TPSA) is 84.5 Å². The molecule has 2 aromatic carbocycles. The molecule has 0 bridgehead atoms. The average molecular weight is 366 g/mol. The molecule has 0 unspecified atom stereocenters. The summed E-state index contributed by atoms with van der Waals surface area (Å²) < 4.78 is 43.8. The van der Waals surface area contributed by atoms with Crippen molar-refractivity contribution in [2.75, 3.05) is 18.5 Å². The average Bonchev–Trinajstić information content (AvgIpc) is 2.61. The first-order chi connectivity index (χ1) is 12.4. The van der Waals surface area contributed by atoms with Crippen LogP contribution in [0.2, 0.25) is 0 Å². The van der Waals surface area contributed by atoms with Gasteiger partial charge < -0.3 is 15.4 Å². The molecule has 0 saturated heterocycles. The first-order valence-corrected chi connectivity index (χ1v) is 7.30. The van der Waals surface area contributed by atoms with Gasteiger partial charge in [-0.15, -0.1) is 0 Å². The number of halogens is 3. The summed E-state index contributed by atoms with van der Waals surface area (Å²) in [6, 6.07) is 7.93. The van der Waals surface area contributed by atoms with Gasteiger partial charge in [0.15, 0.2) is 18.2 Å². The quantitative estimate of drug-likeness (QED) is 0.766.